The fraction of sp³-hybridized carbons (Fsp3) is 0.400. The summed E-state index contributed by atoms with van der Waals surface area (Å²) in [7, 11) is 0. The minimum atomic E-state index is -0.173. The van der Waals surface area contributed by atoms with Gasteiger partial charge < -0.3 is 10.6 Å². The normalized spacial score (nSPS) is 18.1. The topological polar surface area (TPSA) is 78.9 Å². The first-order chi connectivity index (χ1) is 9.58. The lowest BCUT2D eigenvalue weighted by Crippen LogP contribution is -2.45. The van der Waals surface area contributed by atoms with Crippen LogP contribution in [0.4, 0.5) is 5.95 Å². The van der Waals surface area contributed by atoms with Gasteiger partial charge in [0, 0.05) is 30.1 Å². The van der Waals surface area contributed by atoms with Crippen LogP contribution in [0, 0.1) is 10.8 Å². The van der Waals surface area contributed by atoms with Crippen LogP contribution in [0.15, 0.2) is 30.5 Å². The van der Waals surface area contributed by atoms with E-state index in [1.165, 1.54) is 0 Å². The van der Waals surface area contributed by atoms with Gasteiger partial charge in [-0.15, -0.1) is 0 Å². The Bertz CT molecular complexity index is 644. The van der Waals surface area contributed by atoms with Crippen LogP contribution in [0.2, 0.25) is 0 Å². The zero-order valence-electron chi connectivity index (χ0n) is 11.6. The number of amidine groups is 1. The molecule has 1 aliphatic rings. The van der Waals surface area contributed by atoms with E-state index >= 15 is 0 Å². The molecule has 2 aromatic rings. The van der Waals surface area contributed by atoms with Gasteiger partial charge in [-0.3, -0.25) is 5.41 Å². The molecule has 5 heteroatoms. The maximum Gasteiger partial charge on any atom is 0.225 e. The number of nitrogens with two attached hydrogens (primary N) is 1. The van der Waals surface area contributed by atoms with E-state index < -0.39 is 0 Å². The summed E-state index contributed by atoms with van der Waals surface area (Å²) in [4.78, 5) is 11.3. The molecule has 0 bridgehead atoms. The van der Waals surface area contributed by atoms with Crippen LogP contribution >= 0.6 is 0 Å². The number of aromatic nitrogens is 2. The standard InChI is InChI=1S/C15H19N5/c1-15(13(16)17)6-8-20(9-7-15)14-18-10-11-4-2-3-5-12(11)19-14/h2-5,10H,6-9H2,1H3,(H3,16,17). The van der Waals surface area contributed by atoms with Gasteiger partial charge in [0.05, 0.1) is 11.4 Å². The number of hydrogen-bond donors (Lipinski definition) is 2. The van der Waals surface area contributed by atoms with Crippen molar-refractivity contribution in [2.24, 2.45) is 11.1 Å². The third-order valence-corrected chi connectivity index (χ3v) is 4.28. The van der Waals surface area contributed by atoms with E-state index in [-0.39, 0.29) is 11.3 Å². The van der Waals surface area contributed by atoms with Gasteiger partial charge in [0.2, 0.25) is 5.95 Å². The molecule has 1 aliphatic heterocycles. The predicted octanol–water partition coefficient (Wildman–Crippen LogP) is 2.17. The molecule has 104 valence electrons. The van der Waals surface area contributed by atoms with Crippen molar-refractivity contribution in [2.75, 3.05) is 18.0 Å². The largest absolute Gasteiger partial charge is 0.387 e. The van der Waals surface area contributed by atoms with Crippen molar-refractivity contribution in [3.05, 3.63) is 30.5 Å². The van der Waals surface area contributed by atoms with Crippen LogP contribution in [0.25, 0.3) is 10.9 Å². The first kappa shape index (κ1) is 12.8. The van der Waals surface area contributed by atoms with E-state index in [1.54, 1.807) is 0 Å². The molecule has 2 heterocycles. The highest BCUT2D eigenvalue weighted by atomic mass is 15.3. The number of piperidine rings is 1. The molecule has 0 amide bonds. The Morgan fingerprint density at radius 2 is 2.00 bits per heavy atom. The Kier molecular flexibility index (Phi) is 3.04. The van der Waals surface area contributed by atoms with Crippen molar-refractivity contribution in [2.45, 2.75) is 19.8 Å². The molecule has 1 fully saturated rings. The van der Waals surface area contributed by atoms with E-state index in [1.807, 2.05) is 30.5 Å². The third-order valence-electron chi connectivity index (χ3n) is 4.28. The van der Waals surface area contributed by atoms with Crippen LogP contribution < -0.4 is 10.6 Å². The quantitative estimate of drug-likeness (QED) is 0.647. The lowest BCUT2D eigenvalue weighted by Gasteiger charge is -2.38. The molecule has 3 rings (SSSR count). The second-order valence-corrected chi connectivity index (χ2v) is 5.69. The number of anilines is 1. The fourth-order valence-corrected chi connectivity index (χ4v) is 2.58. The maximum atomic E-state index is 7.69. The first-order valence-electron chi connectivity index (χ1n) is 6.90. The fourth-order valence-electron chi connectivity index (χ4n) is 2.58. The molecule has 1 aromatic heterocycles. The zero-order chi connectivity index (χ0) is 14.2. The van der Waals surface area contributed by atoms with Gasteiger partial charge in [-0.25, -0.2) is 9.97 Å². The lowest BCUT2D eigenvalue weighted by molar-refractivity contribution is 0.349. The number of nitrogens with one attached hydrogen (secondary N) is 1. The number of nitrogens with zero attached hydrogens (tertiary/aromatic N) is 3. The summed E-state index contributed by atoms with van der Waals surface area (Å²) in [5.41, 5.74) is 6.49. The summed E-state index contributed by atoms with van der Waals surface area (Å²) < 4.78 is 0. The SMILES string of the molecule is CC1(C(=N)N)CCN(c2ncc3ccccc3n2)CC1. The van der Waals surface area contributed by atoms with E-state index in [2.05, 4.69) is 21.8 Å². The molecule has 0 radical (unpaired) electrons. The molecule has 0 spiro atoms. The molecular weight excluding hydrogens is 250 g/mol. The summed E-state index contributed by atoms with van der Waals surface area (Å²) >= 11 is 0. The van der Waals surface area contributed by atoms with E-state index in [9.17, 15) is 0 Å². The van der Waals surface area contributed by atoms with Crippen LogP contribution in [0.1, 0.15) is 19.8 Å². The number of para-hydroxylation sites is 1. The van der Waals surface area contributed by atoms with E-state index in [4.69, 9.17) is 11.1 Å². The van der Waals surface area contributed by atoms with Gasteiger partial charge >= 0.3 is 0 Å². The number of benzene rings is 1. The Hall–Kier alpha value is -2.17. The molecular formula is C15H19N5. The van der Waals surface area contributed by atoms with Crippen LogP contribution in [0.3, 0.4) is 0 Å². The highest BCUT2D eigenvalue weighted by Crippen LogP contribution is 2.32. The Morgan fingerprint density at radius 1 is 1.30 bits per heavy atom. The van der Waals surface area contributed by atoms with Crippen molar-refractivity contribution in [3.8, 4) is 0 Å². The number of hydrogen-bond acceptors (Lipinski definition) is 4. The Labute approximate surface area is 118 Å². The highest BCUT2D eigenvalue weighted by molar-refractivity contribution is 5.83. The number of fused-ring (bicyclic) bond motifs is 1. The van der Waals surface area contributed by atoms with Crippen molar-refractivity contribution in [3.63, 3.8) is 0 Å². The second-order valence-electron chi connectivity index (χ2n) is 5.69. The minimum absolute atomic E-state index is 0.173. The molecule has 0 saturated carbocycles. The summed E-state index contributed by atoms with van der Waals surface area (Å²) in [6, 6.07) is 8.00. The Morgan fingerprint density at radius 3 is 2.70 bits per heavy atom. The summed E-state index contributed by atoms with van der Waals surface area (Å²) in [6.45, 7) is 3.75. The first-order valence-corrected chi connectivity index (χ1v) is 6.90. The molecule has 1 saturated heterocycles. The number of rotatable bonds is 2. The van der Waals surface area contributed by atoms with Crippen molar-refractivity contribution >= 4 is 22.7 Å². The summed E-state index contributed by atoms with van der Waals surface area (Å²) in [6.07, 6.45) is 3.62. The summed E-state index contributed by atoms with van der Waals surface area (Å²) in [5, 5.41) is 8.75. The monoisotopic (exact) mass is 269 g/mol. The molecule has 1 aromatic carbocycles. The molecule has 0 unspecified atom stereocenters. The van der Waals surface area contributed by atoms with Crippen LogP contribution in [0.5, 0.6) is 0 Å². The summed E-state index contributed by atoms with van der Waals surface area (Å²) in [5.74, 6) is 1.06. The predicted molar refractivity (Wildman–Crippen MR) is 81.0 cm³/mol. The second kappa shape index (κ2) is 4.74. The highest BCUT2D eigenvalue weighted by Gasteiger charge is 2.33. The average Bonchev–Trinajstić information content (AvgIpc) is 2.47. The average molecular weight is 269 g/mol. The third kappa shape index (κ3) is 2.19. The smallest absolute Gasteiger partial charge is 0.225 e. The molecule has 20 heavy (non-hydrogen) atoms. The van der Waals surface area contributed by atoms with Crippen molar-refractivity contribution in [1.82, 2.24) is 9.97 Å². The van der Waals surface area contributed by atoms with Crippen molar-refractivity contribution in [1.29, 1.82) is 5.41 Å². The van der Waals surface area contributed by atoms with Gasteiger partial charge in [-0.1, -0.05) is 25.1 Å². The molecule has 0 atom stereocenters. The van der Waals surface area contributed by atoms with Crippen LogP contribution in [-0.2, 0) is 0 Å². The van der Waals surface area contributed by atoms with Gasteiger partial charge in [0.15, 0.2) is 0 Å². The minimum Gasteiger partial charge on any atom is -0.387 e. The molecule has 0 aliphatic carbocycles. The molecule has 5 nitrogen and oxygen atoms in total. The maximum absolute atomic E-state index is 7.69. The zero-order valence-corrected chi connectivity index (χ0v) is 11.6. The van der Waals surface area contributed by atoms with Crippen LogP contribution in [-0.4, -0.2) is 28.9 Å². The Balaban J connectivity index is 1.81. The van der Waals surface area contributed by atoms with Gasteiger partial charge in [-0.2, -0.15) is 0 Å². The van der Waals surface area contributed by atoms with Gasteiger partial charge in [-0.05, 0) is 18.9 Å². The van der Waals surface area contributed by atoms with Gasteiger partial charge in [0.25, 0.3) is 0 Å². The van der Waals surface area contributed by atoms with Crippen molar-refractivity contribution < 1.29 is 0 Å². The van der Waals surface area contributed by atoms with E-state index in [0.717, 1.165) is 42.8 Å². The van der Waals surface area contributed by atoms with E-state index in [0.29, 0.717) is 0 Å². The lowest BCUT2D eigenvalue weighted by atomic mass is 9.79. The molecule has 3 N–H and O–H groups in total. The van der Waals surface area contributed by atoms with Gasteiger partial charge in [0.1, 0.15) is 0 Å².